The number of aryl methyl sites for hydroxylation is 1. The van der Waals surface area contributed by atoms with Crippen LogP contribution in [-0.2, 0) is 0 Å². The van der Waals surface area contributed by atoms with Gasteiger partial charge in [0.25, 0.3) is 0 Å². The molecule has 0 amide bonds. The van der Waals surface area contributed by atoms with E-state index in [1.54, 1.807) is 37.8 Å². The lowest BCUT2D eigenvalue weighted by Gasteiger charge is -2.06. The zero-order valence-electron chi connectivity index (χ0n) is 13.9. The van der Waals surface area contributed by atoms with E-state index in [0.717, 1.165) is 22.5 Å². The summed E-state index contributed by atoms with van der Waals surface area (Å²) in [5.74, 6) is 0.319. The minimum atomic E-state index is -0.277. The Morgan fingerprint density at radius 2 is 1.92 bits per heavy atom. The average molecular weight is 333 g/mol. The van der Waals surface area contributed by atoms with Gasteiger partial charge in [0.05, 0.1) is 13.3 Å². The van der Waals surface area contributed by atoms with Crippen molar-refractivity contribution in [2.24, 2.45) is 0 Å². The van der Waals surface area contributed by atoms with Crippen molar-refractivity contribution < 1.29 is 9.13 Å². The molecule has 4 nitrogen and oxygen atoms in total. The third-order valence-electron chi connectivity index (χ3n) is 4.21. The highest BCUT2D eigenvalue weighted by atomic mass is 19.1. The maximum atomic E-state index is 15.1. The lowest BCUT2D eigenvalue weighted by molar-refractivity contribution is 0.413. The number of nitrogens with one attached hydrogen (secondary N) is 1. The second kappa shape index (κ2) is 6.02. The van der Waals surface area contributed by atoms with Crippen LogP contribution >= 0.6 is 0 Å². The molecular weight excluding hydrogens is 317 g/mol. The number of methoxy groups -OCH3 is 1. The standard InChI is InChI=1S/C20H16FN3O/c1-12-7-13(5-6-23-12)19-9-17-18(24-19)4-3-16(20(17)21)14-8-15(25-2)11-22-10-14/h3-11,24H,1-2H3. The number of benzene rings is 1. The number of hydrogen-bond donors (Lipinski definition) is 1. The first-order valence-electron chi connectivity index (χ1n) is 7.89. The fourth-order valence-electron chi connectivity index (χ4n) is 2.94. The smallest absolute Gasteiger partial charge is 0.140 e. The van der Waals surface area contributed by atoms with Crippen molar-refractivity contribution in [2.75, 3.05) is 7.11 Å². The van der Waals surface area contributed by atoms with Gasteiger partial charge in [-0.15, -0.1) is 0 Å². The molecule has 0 saturated carbocycles. The van der Waals surface area contributed by atoms with Gasteiger partial charge in [0, 0.05) is 51.4 Å². The maximum absolute atomic E-state index is 15.1. The summed E-state index contributed by atoms with van der Waals surface area (Å²) in [5.41, 5.74) is 4.69. The molecule has 0 radical (unpaired) electrons. The van der Waals surface area contributed by atoms with Crippen LogP contribution in [0.25, 0.3) is 33.3 Å². The predicted octanol–water partition coefficient (Wildman–Crippen LogP) is 4.75. The molecule has 5 heteroatoms. The zero-order valence-corrected chi connectivity index (χ0v) is 13.9. The summed E-state index contributed by atoms with van der Waals surface area (Å²) in [5, 5.41) is 0.546. The summed E-state index contributed by atoms with van der Waals surface area (Å²) >= 11 is 0. The molecule has 0 saturated heterocycles. The van der Waals surface area contributed by atoms with E-state index in [0.29, 0.717) is 22.3 Å². The van der Waals surface area contributed by atoms with Gasteiger partial charge in [-0.3, -0.25) is 9.97 Å². The monoisotopic (exact) mass is 333 g/mol. The SMILES string of the molecule is COc1cncc(-c2ccc3[nH]c(-c4ccnc(C)c4)cc3c2F)c1. The molecule has 4 aromatic rings. The van der Waals surface area contributed by atoms with Crippen LogP contribution in [0.15, 0.2) is 55.0 Å². The van der Waals surface area contributed by atoms with Crippen molar-refractivity contribution in [1.82, 2.24) is 15.0 Å². The Morgan fingerprint density at radius 3 is 2.72 bits per heavy atom. The fraction of sp³-hybridized carbons (Fsp3) is 0.100. The molecule has 124 valence electrons. The molecular formula is C20H16FN3O. The molecule has 25 heavy (non-hydrogen) atoms. The van der Waals surface area contributed by atoms with Gasteiger partial charge in [-0.1, -0.05) is 0 Å². The van der Waals surface area contributed by atoms with Crippen LogP contribution in [-0.4, -0.2) is 22.1 Å². The number of halogens is 1. The summed E-state index contributed by atoms with van der Waals surface area (Å²) in [6, 6.07) is 11.1. The minimum absolute atomic E-state index is 0.277. The predicted molar refractivity (Wildman–Crippen MR) is 96.0 cm³/mol. The van der Waals surface area contributed by atoms with Gasteiger partial charge >= 0.3 is 0 Å². The van der Waals surface area contributed by atoms with Crippen molar-refractivity contribution >= 4 is 10.9 Å². The molecule has 0 spiro atoms. The molecule has 4 rings (SSSR count). The fourth-order valence-corrected chi connectivity index (χ4v) is 2.94. The number of H-pyrrole nitrogens is 1. The number of hydrogen-bond acceptors (Lipinski definition) is 3. The van der Waals surface area contributed by atoms with Gasteiger partial charge in [0.2, 0.25) is 0 Å². The van der Waals surface area contributed by atoms with E-state index in [2.05, 4.69) is 15.0 Å². The molecule has 0 aliphatic carbocycles. The van der Waals surface area contributed by atoms with E-state index in [1.165, 1.54) is 0 Å². The molecule has 0 aliphatic heterocycles. The number of aromatic amines is 1. The maximum Gasteiger partial charge on any atom is 0.140 e. The van der Waals surface area contributed by atoms with Crippen LogP contribution in [0.4, 0.5) is 4.39 Å². The lowest BCUT2D eigenvalue weighted by Crippen LogP contribution is -1.89. The van der Waals surface area contributed by atoms with Gasteiger partial charge in [-0.05, 0) is 43.3 Å². The zero-order chi connectivity index (χ0) is 17.4. The summed E-state index contributed by atoms with van der Waals surface area (Å²) in [6.07, 6.45) is 4.98. The van der Waals surface area contributed by atoms with Crippen LogP contribution in [0, 0.1) is 12.7 Å². The van der Waals surface area contributed by atoms with E-state index < -0.39 is 0 Å². The summed E-state index contributed by atoms with van der Waals surface area (Å²) in [6.45, 7) is 1.93. The first kappa shape index (κ1) is 15.3. The molecule has 0 aliphatic rings. The highest BCUT2D eigenvalue weighted by Crippen LogP contribution is 2.32. The highest BCUT2D eigenvalue weighted by molar-refractivity contribution is 5.90. The molecule has 0 unspecified atom stereocenters. The van der Waals surface area contributed by atoms with Gasteiger partial charge in [-0.25, -0.2) is 4.39 Å². The first-order chi connectivity index (χ1) is 12.2. The second-order valence-electron chi connectivity index (χ2n) is 5.87. The molecule has 0 atom stereocenters. The van der Waals surface area contributed by atoms with Crippen LogP contribution in [0.2, 0.25) is 0 Å². The Hall–Kier alpha value is -3.21. The topological polar surface area (TPSA) is 50.8 Å². The van der Waals surface area contributed by atoms with Crippen molar-refractivity contribution in [3.8, 4) is 28.1 Å². The van der Waals surface area contributed by atoms with E-state index in [1.807, 2.05) is 31.2 Å². The van der Waals surface area contributed by atoms with Gasteiger partial charge in [0.1, 0.15) is 11.6 Å². The van der Waals surface area contributed by atoms with Crippen LogP contribution in [0.1, 0.15) is 5.69 Å². The van der Waals surface area contributed by atoms with Crippen LogP contribution in [0.5, 0.6) is 5.75 Å². The summed E-state index contributed by atoms with van der Waals surface area (Å²) < 4.78 is 20.3. The molecule has 1 N–H and O–H groups in total. The number of pyridine rings is 2. The second-order valence-corrected chi connectivity index (χ2v) is 5.87. The quantitative estimate of drug-likeness (QED) is 0.589. The molecule has 1 aromatic carbocycles. The molecule has 3 aromatic heterocycles. The van der Waals surface area contributed by atoms with Crippen LogP contribution in [0.3, 0.4) is 0 Å². The molecule has 0 bridgehead atoms. The number of nitrogens with zero attached hydrogens (tertiary/aromatic N) is 2. The molecule has 3 heterocycles. The summed E-state index contributed by atoms with van der Waals surface area (Å²) in [4.78, 5) is 11.6. The number of rotatable bonds is 3. The normalized spacial score (nSPS) is 11.0. The lowest BCUT2D eigenvalue weighted by atomic mass is 10.0. The average Bonchev–Trinajstić information content (AvgIpc) is 3.07. The van der Waals surface area contributed by atoms with Gasteiger partial charge < -0.3 is 9.72 Å². The Morgan fingerprint density at radius 1 is 1.04 bits per heavy atom. The van der Waals surface area contributed by atoms with Crippen molar-refractivity contribution in [2.45, 2.75) is 6.92 Å². The Kier molecular flexibility index (Phi) is 3.69. The summed E-state index contributed by atoms with van der Waals surface area (Å²) in [7, 11) is 1.56. The van der Waals surface area contributed by atoms with Crippen molar-refractivity contribution in [3.05, 3.63) is 66.5 Å². The molecule has 0 fully saturated rings. The first-order valence-corrected chi connectivity index (χ1v) is 7.89. The Balaban J connectivity index is 1.85. The van der Waals surface area contributed by atoms with Crippen LogP contribution < -0.4 is 4.74 Å². The van der Waals surface area contributed by atoms with E-state index in [4.69, 9.17) is 4.74 Å². The van der Waals surface area contributed by atoms with Gasteiger partial charge in [-0.2, -0.15) is 0 Å². The van der Waals surface area contributed by atoms with Crippen molar-refractivity contribution in [3.63, 3.8) is 0 Å². The van der Waals surface area contributed by atoms with Crippen molar-refractivity contribution in [1.29, 1.82) is 0 Å². The highest BCUT2D eigenvalue weighted by Gasteiger charge is 2.13. The van der Waals surface area contributed by atoms with E-state index in [9.17, 15) is 0 Å². The van der Waals surface area contributed by atoms with Gasteiger partial charge in [0.15, 0.2) is 0 Å². The third kappa shape index (κ3) is 2.74. The van der Waals surface area contributed by atoms with E-state index in [-0.39, 0.29) is 5.82 Å². The largest absolute Gasteiger partial charge is 0.495 e. The third-order valence-corrected chi connectivity index (χ3v) is 4.21. The number of ether oxygens (including phenoxy) is 1. The Bertz CT molecular complexity index is 1070. The number of fused-ring (bicyclic) bond motifs is 1. The number of aromatic nitrogens is 3. The Labute approximate surface area is 144 Å². The minimum Gasteiger partial charge on any atom is -0.495 e. The van der Waals surface area contributed by atoms with E-state index >= 15 is 4.39 Å².